The number of halogens is 1. The fourth-order valence-electron chi connectivity index (χ4n) is 2.57. The number of rotatable bonds is 4. The average molecular weight is 354 g/mol. The number of aliphatic hydroxyl groups excluding tert-OH is 1. The van der Waals surface area contributed by atoms with Crippen molar-refractivity contribution >= 4 is 23.0 Å². The Kier molecular flexibility index (Phi) is 4.52. The predicted octanol–water partition coefficient (Wildman–Crippen LogP) is 0.115. The van der Waals surface area contributed by atoms with Gasteiger partial charge in [-0.25, -0.2) is 4.39 Å². The molecule has 0 aliphatic carbocycles. The highest BCUT2D eigenvalue weighted by Crippen LogP contribution is 2.33. The lowest BCUT2D eigenvalue weighted by Gasteiger charge is -2.14. The van der Waals surface area contributed by atoms with Crippen LogP contribution in [0.4, 0.5) is 10.3 Å². The molecule has 11 heteroatoms. The van der Waals surface area contributed by atoms with Crippen molar-refractivity contribution in [3.63, 3.8) is 0 Å². The van der Waals surface area contributed by atoms with Crippen molar-refractivity contribution in [2.75, 3.05) is 5.32 Å². The number of nitrogens with zero attached hydrogens (tertiary/aromatic N) is 4. The number of alkyl halides is 1. The Morgan fingerprint density at radius 3 is 2.84 bits per heavy atom. The quantitative estimate of drug-likeness (QED) is 0.709. The SMILES string of the molecule is CC[C@H]1O[C@@H](n2nnc3c(=O)[nH]c(NC(=O)C(C)C)nc32)[C@H](O)[C@@H]1F. The topological polar surface area (TPSA) is 135 Å². The summed E-state index contributed by atoms with van der Waals surface area (Å²) < 4.78 is 20.6. The molecule has 0 unspecified atom stereocenters. The number of hydrogen-bond donors (Lipinski definition) is 3. The molecule has 2 aromatic rings. The van der Waals surface area contributed by atoms with E-state index in [0.29, 0.717) is 6.42 Å². The van der Waals surface area contributed by atoms with Crippen molar-refractivity contribution in [1.82, 2.24) is 25.0 Å². The highest BCUT2D eigenvalue weighted by molar-refractivity contribution is 5.90. The maximum atomic E-state index is 14.1. The lowest BCUT2D eigenvalue weighted by Crippen LogP contribution is -2.28. The van der Waals surface area contributed by atoms with Gasteiger partial charge < -0.3 is 9.84 Å². The first-order chi connectivity index (χ1) is 11.8. The number of anilines is 1. The lowest BCUT2D eigenvalue weighted by atomic mass is 10.1. The molecule has 0 bridgehead atoms. The van der Waals surface area contributed by atoms with Crippen LogP contribution >= 0.6 is 0 Å². The van der Waals surface area contributed by atoms with Crippen LogP contribution in [0.2, 0.25) is 0 Å². The van der Waals surface area contributed by atoms with Crippen LogP contribution in [0.3, 0.4) is 0 Å². The number of carbonyl (C=O) groups excluding carboxylic acids is 1. The molecule has 1 aliphatic heterocycles. The molecule has 136 valence electrons. The summed E-state index contributed by atoms with van der Waals surface area (Å²) in [6.07, 6.45) is -4.64. The smallest absolute Gasteiger partial charge is 0.282 e. The van der Waals surface area contributed by atoms with Gasteiger partial charge in [0.05, 0.1) is 6.10 Å². The number of hydrogen-bond acceptors (Lipinski definition) is 7. The van der Waals surface area contributed by atoms with Crippen molar-refractivity contribution < 1.29 is 19.0 Å². The standard InChI is InChI=1S/C14H19FN6O4/c1-4-6-7(15)9(22)13(25-6)21-10-8(19-20-21)12(24)18-14(16-10)17-11(23)5(2)3/h5-7,9,13,22H,4H2,1-3H3,(H2,16,17,18,23,24)/t6-,7-,9-,13-/m1/s1. The van der Waals surface area contributed by atoms with Crippen LogP contribution in [0.5, 0.6) is 0 Å². The zero-order valence-electron chi connectivity index (χ0n) is 13.9. The number of H-pyrrole nitrogens is 1. The molecule has 0 radical (unpaired) electrons. The second kappa shape index (κ2) is 6.48. The van der Waals surface area contributed by atoms with E-state index in [2.05, 4.69) is 25.6 Å². The summed E-state index contributed by atoms with van der Waals surface area (Å²) >= 11 is 0. The maximum absolute atomic E-state index is 14.1. The van der Waals surface area contributed by atoms with Gasteiger partial charge in [0.15, 0.2) is 23.6 Å². The van der Waals surface area contributed by atoms with Gasteiger partial charge in [0.25, 0.3) is 5.56 Å². The van der Waals surface area contributed by atoms with Gasteiger partial charge in [-0.1, -0.05) is 26.0 Å². The van der Waals surface area contributed by atoms with Gasteiger partial charge in [-0.3, -0.25) is 19.9 Å². The van der Waals surface area contributed by atoms with Gasteiger partial charge in [-0.2, -0.15) is 9.67 Å². The van der Waals surface area contributed by atoms with Crippen LogP contribution in [0.1, 0.15) is 33.4 Å². The van der Waals surface area contributed by atoms with E-state index in [1.54, 1.807) is 20.8 Å². The van der Waals surface area contributed by atoms with Crippen molar-refractivity contribution in [3.8, 4) is 0 Å². The minimum Gasteiger partial charge on any atom is -0.385 e. The molecule has 2 aromatic heterocycles. The van der Waals surface area contributed by atoms with E-state index in [1.165, 1.54) is 0 Å². The van der Waals surface area contributed by atoms with Gasteiger partial charge in [0, 0.05) is 5.92 Å². The van der Waals surface area contributed by atoms with Crippen molar-refractivity contribution in [2.24, 2.45) is 5.92 Å². The molecule has 3 N–H and O–H groups in total. The Hall–Kier alpha value is -2.40. The minimum absolute atomic E-state index is 0.0178. The molecular weight excluding hydrogens is 335 g/mol. The van der Waals surface area contributed by atoms with Crippen LogP contribution in [0, 0.1) is 5.92 Å². The van der Waals surface area contributed by atoms with Crippen molar-refractivity contribution in [1.29, 1.82) is 0 Å². The molecular formula is C14H19FN6O4. The fourth-order valence-corrected chi connectivity index (χ4v) is 2.57. The van der Waals surface area contributed by atoms with Gasteiger partial charge >= 0.3 is 0 Å². The number of aromatic amines is 1. The predicted molar refractivity (Wildman–Crippen MR) is 84.5 cm³/mol. The largest absolute Gasteiger partial charge is 0.385 e. The molecule has 0 spiro atoms. The Labute approximate surface area is 141 Å². The number of fused-ring (bicyclic) bond motifs is 1. The number of nitrogens with one attached hydrogen (secondary N) is 2. The molecule has 0 aromatic carbocycles. The van der Waals surface area contributed by atoms with E-state index in [4.69, 9.17) is 4.74 Å². The molecule has 3 heterocycles. The molecule has 1 aliphatic rings. The number of carbonyl (C=O) groups is 1. The normalized spacial score (nSPS) is 26.5. The molecule has 1 saturated heterocycles. The van der Waals surface area contributed by atoms with Crippen LogP contribution < -0.4 is 10.9 Å². The summed E-state index contributed by atoms with van der Waals surface area (Å²) in [5, 5.41) is 20.0. The molecule has 3 rings (SSSR count). The molecule has 1 amide bonds. The number of ether oxygens (including phenoxy) is 1. The molecule has 1 fully saturated rings. The van der Waals surface area contributed by atoms with E-state index >= 15 is 0 Å². The Bertz CT molecular complexity index is 849. The Morgan fingerprint density at radius 2 is 2.24 bits per heavy atom. The van der Waals surface area contributed by atoms with Gasteiger partial charge in [0.1, 0.15) is 6.10 Å². The van der Waals surface area contributed by atoms with Crippen molar-refractivity contribution in [2.45, 2.75) is 51.8 Å². The third kappa shape index (κ3) is 3.00. The van der Waals surface area contributed by atoms with E-state index in [0.717, 1.165) is 4.68 Å². The van der Waals surface area contributed by atoms with E-state index in [-0.39, 0.29) is 28.9 Å². The first-order valence-corrected chi connectivity index (χ1v) is 7.97. The van der Waals surface area contributed by atoms with Crippen LogP contribution in [0.15, 0.2) is 4.79 Å². The summed E-state index contributed by atoms with van der Waals surface area (Å²) in [5.41, 5.74) is -0.740. The highest BCUT2D eigenvalue weighted by Gasteiger charge is 2.45. The van der Waals surface area contributed by atoms with E-state index in [9.17, 15) is 19.1 Å². The van der Waals surface area contributed by atoms with E-state index < -0.39 is 30.2 Å². The Morgan fingerprint density at radius 1 is 1.52 bits per heavy atom. The van der Waals surface area contributed by atoms with Crippen LogP contribution in [-0.2, 0) is 9.53 Å². The monoisotopic (exact) mass is 354 g/mol. The minimum atomic E-state index is -1.59. The summed E-state index contributed by atoms with van der Waals surface area (Å²) in [5.74, 6) is -0.744. The van der Waals surface area contributed by atoms with Gasteiger partial charge in [0.2, 0.25) is 11.9 Å². The van der Waals surface area contributed by atoms with Gasteiger partial charge in [-0.15, -0.1) is 5.10 Å². The lowest BCUT2D eigenvalue weighted by molar-refractivity contribution is -0.118. The summed E-state index contributed by atoms with van der Waals surface area (Å²) in [6.45, 7) is 5.11. The van der Waals surface area contributed by atoms with Crippen LogP contribution in [-0.4, -0.2) is 54.4 Å². The third-order valence-electron chi connectivity index (χ3n) is 4.03. The molecule has 4 atom stereocenters. The molecule has 25 heavy (non-hydrogen) atoms. The number of amides is 1. The zero-order chi connectivity index (χ0) is 18.3. The van der Waals surface area contributed by atoms with Crippen molar-refractivity contribution in [3.05, 3.63) is 10.4 Å². The number of aromatic nitrogens is 5. The Balaban J connectivity index is 2.01. The number of aliphatic hydroxyl groups is 1. The highest BCUT2D eigenvalue weighted by atomic mass is 19.1. The summed E-state index contributed by atoms with van der Waals surface area (Å²) in [7, 11) is 0. The van der Waals surface area contributed by atoms with Gasteiger partial charge in [-0.05, 0) is 6.42 Å². The maximum Gasteiger partial charge on any atom is 0.282 e. The molecule has 10 nitrogen and oxygen atoms in total. The fraction of sp³-hybridized carbons (Fsp3) is 0.643. The average Bonchev–Trinajstić information content (AvgIpc) is 3.10. The van der Waals surface area contributed by atoms with E-state index in [1.807, 2.05) is 0 Å². The summed E-state index contributed by atoms with van der Waals surface area (Å²) in [6, 6.07) is 0. The van der Waals surface area contributed by atoms with Crippen LogP contribution in [0.25, 0.3) is 11.2 Å². The second-order valence-electron chi connectivity index (χ2n) is 6.17. The first-order valence-electron chi connectivity index (χ1n) is 7.97. The zero-order valence-corrected chi connectivity index (χ0v) is 13.9. The second-order valence-corrected chi connectivity index (χ2v) is 6.17. The summed E-state index contributed by atoms with van der Waals surface area (Å²) in [4.78, 5) is 30.4. The molecule has 0 saturated carbocycles. The first kappa shape index (κ1) is 17.4. The third-order valence-corrected chi connectivity index (χ3v) is 4.03.